The Morgan fingerprint density at radius 3 is 2.67 bits per heavy atom. The van der Waals surface area contributed by atoms with Gasteiger partial charge in [-0.15, -0.1) is 0 Å². The van der Waals surface area contributed by atoms with E-state index in [-0.39, 0.29) is 5.91 Å². The number of thiocarbonyl (C=S) groups is 1. The molecule has 1 amide bonds. The molecular formula is C19H12N2OS2. The molecule has 0 unspecified atom stereocenters. The molecule has 0 atom stereocenters. The molecular weight excluding hydrogens is 336 g/mol. The normalized spacial score (nSPS) is 16.3. The molecule has 0 aliphatic carbocycles. The predicted octanol–water partition coefficient (Wildman–Crippen LogP) is 4.64. The maximum atomic E-state index is 12.8. The number of thioether (sulfide) groups is 1. The van der Waals surface area contributed by atoms with Crippen LogP contribution in [0.5, 0.6) is 0 Å². The van der Waals surface area contributed by atoms with Crippen LogP contribution >= 0.6 is 24.0 Å². The third-order valence-corrected chi connectivity index (χ3v) is 5.07. The van der Waals surface area contributed by atoms with E-state index in [2.05, 4.69) is 4.98 Å². The minimum absolute atomic E-state index is 0.0934. The maximum absolute atomic E-state index is 12.8. The summed E-state index contributed by atoms with van der Waals surface area (Å²) in [4.78, 5) is 19.1. The summed E-state index contributed by atoms with van der Waals surface area (Å²) in [6, 6.07) is 17.7. The molecule has 0 saturated carbocycles. The second kappa shape index (κ2) is 6.19. The Labute approximate surface area is 149 Å². The Hall–Kier alpha value is -2.50. The molecule has 3 nitrogen and oxygen atoms in total. The second-order valence-electron chi connectivity index (χ2n) is 5.33. The Balaban J connectivity index is 1.71. The first kappa shape index (κ1) is 15.1. The third-order valence-electron chi connectivity index (χ3n) is 3.77. The maximum Gasteiger partial charge on any atom is 0.270 e. The third kappa shape index (κ3) is 2.72. The lowest BCUT2D eigenvalue weighted by Gasteiger charge is -2.15. The summed E-state index contributed by atoms with van der Waals surface area (Å²) in [5, 5.41) is 2.22. The van der Waals surface area contributed by atoms with E-state index in [4.69, 9.17) is 12.2 Å². The van der Waals surface area contributed by atoms with Gasteiger partial charge in [-0.05, 0) is 40.6 Å². The average Bonchev–Trinajstić information content (AvgIpc) is 2.89. The quantitative estimate of drug-likeness (QED) is 0.499. The topological polar surface area (TPSA) is 33.2 Å². The molecule has 1 fully saturated rings. The van der Waals surface area contributed by atoms with Gasteiger partial charge in [0.2, 0.25) is 0 Å². The van der Waals surface area contributed by atoms with Crippen LogP contribution in [0.3, 0.4) is 0 Å². The summed E-state index contributed by atoms with van der Waals surface area (Å²) < 4.78 is 0.547. The molecule has 1 aliphatic rings. The van der Waals surface area contributed by atoms with Crippen molar-refractivity contribution in [3.63, 3.8) is 0 Å². The summed E-state index contributed by atoms with van der Waals surface area (Å²) >= 11 is 6.75. The van der Waals surface area contributed by atoms with E-state index < -0.39 is 0 Å². The zero-order valence-corrected chi connectivity index (χ0v) is 14.2. The summed E-state index contributed by atoms with van der Waals surface area (Å²) in [7, 11) is 0. The van der Waals surface area contributed by atoms with Crippen LogP contribution in [0.1, 0.15) is 5.56 Å². The number of carbonyl (C=O) groups is 1. The summed E-state index contributed by atoms with van der Waals surface area (Å²) in [6.07, 6.45) is 5.26. The van der Waals surface area contributed by atoms with E-state index >= 15 is 0 Å². The minimum atomic E-state index is -0.0934. The van der Waals surface area contributed by atoms with Crippen molar-refractivity contribution in [3.05, 3.63) is 77.5 Å². The lowest BCUT2D eigenvalue weighted by Crippen LogP contribution is -2.27. The van der Waals surface area contributed by atoms with E-state index in [1.54, 1.807) is 17.3 Å². The molecule has 1 saturated heterocycles. The fourth-order valence-electron chi connectivity index (χ4n) is 2.62. The summed E-state index contributed by atoms with van der Waals surface area (Å²) in [5.74, 6) is -0.0934. The molecule has 1 aromatic heterocycles. The van der Waals surface area contributed by atoms with E-state index in [1.165, 1.54) is 11.8 Å². The lowest BCUT2D eigenvalue weighted by molar-refractivity contribution is -0.113. The SMILES string of the molecule is O=C1C(=Cc2cccnc2)SC(=S)N1c1ccc2ccccc2c1. The van der Waals surface area contributed by atoms with Crippen LogP contribution in [0.4, 0.5) is 5.69 Å². The van der Waals surface area contributed by atoms with Gasteiger partial charge in [0.15, 0.2) is 4.32 Å². The highest BCUT2D eigenvalue weighted by molar-refractivity contribution is 8.27. The molecule has 24 heavy (non-hydrogen) atoms. The number of aromatic nitrogens is 1. The lowest BCUT2D eigenvalue weighted by atomic mass is 10.1. The number of nitrogens with zero attached hydrogens (tertiary/aromatic N) is 2. The van der Waals surface area contributed by atoms with Gasteiger partial charge in [0.1, 0.15) is 0 Å². The van der Waals surface area contributed by atoms with Crippen molar-refractivity contribution in [1.82, 2.24) is 4.98 Å². The van der Waals surface area contributed by atoms with Crippen molar-refractivity contribution >= 4 is 56.7 Å². The van der Waals surface area contributed by atoms with E-state index in [0.29, 0.717) is 9.23 Å². The van der Waals surface area contributed by atoms with Crippen molar-refractivity contribution in [2.45, 2.75) is 0 Å². The molecule has 2 aromatic carbocycles. The molecule has 4 rings (SSSR count). The highest BCUT2D eigenvalue weighted by Gasteiger charge is 2.33. The number of rotatable bonds is 2. The number of fused-ring (bicyclic) bond motifs is 1. The summed E-state index contributed by atoms with van der Waals surface area (Å²) in [6.45, 7) is 0. The fraction of sp³-hybridized carbons (Fsp3) is 0. The average molecular weight is 348 g/mol. The first-order valence-corrected chi connectivity index (χ1v) is 8.62. The van der Waals surface area contributed by atoms with Gasteiger partial charge in [-0.2, -0.15) is 0 Å². The van der Waals surface area contributed by atoms with Gasteiger partial charge in [-0.25, -0.2) is 0 Å². The van der Waals surface area contributed by atoms with Gasteiger partial charge in [0.25, 0.3) is 5.91 Å². The number of hydrogen-bond donors (Lipinski definition) is 0. The highest BCUT2D eigenvalue weighted by atomic mass is 32.2. The van der Waals surface area contributed by atoms with Gasteiger partial charge in [0.05, 0.1) is 10.6 Å². The zero-order chi connectivity index (χ0) is 16.5. The monoisotopic (exact) mass is 348 g/mol. The zero-order valence-electron chi connectivity index (χ0n) is 12.5. The van der Waals surface area contributed by atoms with Crippen LogP contribution in [-0.4, -0.2) is 15.2 Å². The van der Waals surface area contributed by atoms with Crippen LogP contribution in [0, 0.1) is 0 Å². The number of anilines is 1. The molecule has 0 N–H and O–H groups in total. The van der Waals surface area contributed by atoms with Gasteiger partial charge >= 0.3 is 0 Å². The molecule has 0 bridgehead atoms. The van der Waals surface area contributed by atoms with Gasteiger partial charge < -0.3 is 0 Å². The number of benzene rings is 2. The van der Waals surface area contributed by atoms with Gasteiger partial charge in [-0.3, -0.25) is 14.7 Å². The van der Waals surface area contributed by atoms with Crippen LogP contribution in [-0.2, 0) is 4.79 Å². The Bertz CT molecular complexity index is 983. The van der Waals surface area contributed by atoms with Crippen LogP contribution in [0.15, 0.2) is 71.9 Å². The van der Waals surface area contributed by atoms with Crippen molar-refractivity contribution in [1.29, 1.82) is 0 Å². The van der Waals surface area contributed by atoms with Crippen LogP contribution < -0.4 is 4.90 Å². The van der Waals surface area contributed by atoms with Crippen molar-refractivity contribution < 1.29 is 4.79 Å². The molecule has 2 heterocycles. The van der Waals surface area contributed by atoms with Gasteiger partial charge in [-0.1, -0.05) is 60.4 Å². The van der Waals surface area contributed by atoms with Crippen LogP contribution in [0.25, 0.3) is 16.8 Å². The largest absolute Gasteiger partial charge is 0.270 e. The Kier molecular flexibility index (Phi) is 3.88. The molecule has 3 aromatic rings. The number of hydrogen-bond acceptors (Lipinski definition) is 4. The Morgan fingerprint density at radius 2 is 1.88 bits per heavy atom. The molecule has 1 aliphatic heterocycles. The first-order valence-electron chi connectivity index (χ1n) is 7.39. The minimum Gasteiger partial charge on any atom is -0.268 e. The second-order valence-corrected chi connectivity index (χ2v) is 7.01. The smallest absolute Gasteiger partial charge is 0.268 e. The number of pyridine rings is 1. The molecule has 116 valence electrons. The predicted molar refractivity (Wildman–Crippen MR) is 104 cm³/mol. The fourth-order valence-corrected chi connectivity index (χ4v) is 3.92. The van der Waals surface area contributed by atoms with E-state index in [9.17, 15) is 4.79 Å². The molecule has 0 radical (unpaired) electrons. The number of carbonyl (C=O) groups excluding carboxylic acids is 1. The standard InChI is InChI=1S/C19H12N2OS2/c22-18-17(10-13-4-3-9-20-12-13)24-19(23)21(18)16-8-7-14-5-1-2-6-15(14)11-16/h1-12H. The molecule has 0 spiro atoms. The van der Waals surface area contributed by atoms with Crippen molar-refractivity contribution in [3.8, 4) is 0 Å². The van der Waals surface area contributed by atoms with Crippen molar-refractivity contribution in [2.24, 2.45) is 0 Å². The van der Waals surface area contributed by atoms with Crippen LogP contribution in [0.2, 0.25) is 0 Å². The Morgan fingerprint density at radius 1 is 1.04 bits per heavy atom. The first-order chi connectivity index (χ1) is 11.7. The van der Waals surface area contributed by atoms with Crippen molar-refractivity contribution in [2.75, 3.05) is 4.90 Å². The van der Waals surface area contributed by atoms with E-state index in [1.807, 2.05) is 60.7 Å². The van der Waals surface area contributed by atoms with Gasteiger partial charge in [0, 0.05) is 12.4 Å². The molecule has 5 heteroatoms. The summed E-state index contributed by atoms with van der Waals surface area (Å²) in [5.41, 5.74) is 1.68. The highest BCUT2D eigenvalue weighted by Crippen LogP contribution is 2.36. The van der Waals surface area contributed by atoms with E-state index in [0.717, 1.165) is 22.0 Å². The number of amides is 1.